The van der Waals surface area contributed by atoms with Crippen molar-refractivity contribution in [3.05, 3.63) is 32.8 Å². The Morgan fingerprint density at radius 2 is 2.05 bits per heavy atom. The third-order valence-electron chi connectivity index (χ3n) is 2.37. The monoisotopic (exact) mass is 344 g/mol. The first-order valence-electron chi connectivity index (χ1n) is 6.10. The van der Waals surface area contributed by atoms with Gasteiger partial charge in [-0.05, 0) is 55.8 Å². The van der Waals surface area contributed by atoms with Crippen molar-refractivity contribution in [3.63, 3.8) is 0 Å². The van der Waals surface area contributed by atoms with Crippen LogP contribution < -0.4 is 4.90 Å². The SMILES string of the molecule is CCN(C(=O)OC(C)(C)C)c1ccc(Br)c([N+](=O)[O-])c1. The van der Waals surface area contributed by atoms with Gasteiger partial charge in [0.25, 0.3) is 5.69 Å². The second-order valence-corrected chi connectivity index (χ2v) is 5.97. The summed E-state index contributed by atoms with van der Waals surface area (Å²) >= 11 is 3.11. The third kappa shape index (κ3) is 4.19. The predicted octanol–water partition coefficient (Wildman–Crippen LogP) is 4.12. The summed E-state index contributed by atoms with van der Waals surface area (Å²) in [5.41, 5.74) is -0.285. The van der Waals surface area contributed by atoms with E-state index in [0.29, 0.717) is 16.7 Å². The number of hydrogen-bond acceptors (Lipinski definition) is 4. The van der Waals surface area contributed by atoms with Crippen LogP contribution in [0.15, 0.2) is 22.7 Å². The second-order valence-electron chi connectivity index (χ2n) is 5.12. The molecule has 0 saturated heterocycles. The zero-order chi connectivity index (χ0) is 15.5. The number of carbonyl (C=O) groups excluding carboxylic acids is 1. The Hall–Kier alpha value is -1.63. The van der Waals surface area contributed by atoms with E-state index in [1.165, 1.54) is 11.0 Å². The third-order valence-corrected chi connectivity index (χ3v) is 3.04. The summed E-state index contributed by atoms with van der Waals surface area (Å²) in [4.78, 5) is 23.9. The number of halogens is 1. The van der Waals surface area contributed by atoms with E-state index in [-0.39, 0.29) is 5.69 Å². The molecule has 0 aliphatic rings. The van der Waals surface area contributed by atoms with Gasteiger partial charge in [-0.25, -0.2) is 4.79 Å². The van der Waals surface area contributed by atoms with Crippen LogP contribution in [0.25, 0.3) is 0 Å². The van der Waals surface area contributed by atoms with Crippen molar-refractivity contribution in [2.45, 2.75) is 33.3 Å². The molecular weight excluding hydrogens is 328 g/mol. The van der Waals surface area contributed by atoms with E-state index < -0.39 is 16.6 Å². The summed E-state index contributed by atoms with van der Waals surface area (Å²) in [5, 5.41) is 10.9. The summed E-state index contributed by atoms with van der Waals surface area (Å²) in [5.74, 6) is 0. The van der Waals surface area contributed by atoms with Crippen LogP contribution in [0.1, 0.15) is 27.7 Å². The number of carbonyl (C=O) groups is 1. The lowest BCUT2D eigenvalue weighted by Gasteiger charge is -2.26. The fourth-order valence-corrected chi connectivity index (χ4v) is 1.93. The first-order chi connectivity index (χ1) is 9.15. The molecule has 0 heterocycles. The summed E-state index contributed by atoms with van der Waals surface area (Å²) < 4.78 is 5.65. The summed E-state index contributed by atoms with van der Waals surface area (Å²) in [6.45, 7) is 7.43. The number of nitrogens with zero attached hydrogens (tertiary/aromatic N) is 2. The van der Waals surface area contributed by atoms with Crippen LogP contribution in [0.4, 0.5) is 16.2 Å². The van der Waals surface area contributed by atoms with E-state index in [1.54, 1.807) is 39.8 Å². The number of nitro groups is 1. The fourth-order valence-electron chi connectivity index (χ4n) is 1.54. The molecule has 1 aromatic carbocycles. The average Bonchev–Trinajstić information content (AvgIpc) is 2.29. The lowest BCUT2D eigenvalue weighted by atomic mass is 10.2. The number of anilines is 1. The summed E-state index contributed by atoms with van der Waals surface area (Å²) in [6.07, 6.45) is -0.531. The lowest BCUT2D eigenvalue weighted by Crippen LogP contribution is -2.36. The molecule has 1 amide bonds. The molecule has 6 nitrogen and oxygen atoms in total. The maximum Gasteiger partial charge on any atom is 0.414 e. The highest BCUT2D eigenvalue weighted by Gasteiger charge is 2.24. The minimum Gasteiger partial charge on any atom is -0.443 e. The zero-order valence-corrected chi connectivity index (χ0v) is 13.4. The van der Waals surface area contributed by atoms with Crippen LogP contribution in [0.2, 0.25) is 0 Å². The highest BCUT2D eigenvalue weighted by atomic mass is 79.9. The normalized spacial score (nSPS) is 11.1. The highest BCUT2D eigenvalue weighted by molar-refractivity contribution is 9.10. The van der Waals surface area contributed by atoms with Crippen LogP contribution >= 0.6 is 15.9 Å². The van der Waals surface area contributed by atoms with Crippen molar-refractivity contribution >= 4 is 33.4 Å². The van der Waals surface area contributed by atoms with Gasteiger partial charge in [0.05, 0.1) is 15.1 Å². The minimum absolute atomic E-state index is 0.0930. The van der Waals surface area contributed by atoms with E-state index in [0.717, 1.165) is 0 Å². The van der Waals surface area contributed by atoms with E-state index in [2.05, 4.69) is 15.9 Å². The van der Waals surface area contributed by atoms with Crippen molar-refractivity contribution < 1.29 is 14.5 Å². The molecule has 110 valence electrons. The molecule has 7 heteroatoms. The van der Waals surface area contributed by atoms with E-state index in [1.807, 2.05) is 0 Å². The van der Waals surface area contributed by atoms with Crippen LogP contribution in [0, 0.1) is 10.1 Å². The van der Waals surface area contributed by atoms with Gasteiger partial charge in [-0.3, -0.25) is 15.0 Å². The van der Waals surface area contributed by atoms with Gasteiger partial charge < -0.3 is 4.74 Å². The first-order valence-corrected chi connectivity index (χ1v) is 6.89. The molecule has 0 N–H and O–H groups in total. The van der Waals surface area contributed by atoms with Crippen molar-refractivity contribution in [2.75, 3.05) is 11.4 Å². The van der Waals surface area contributed by atoms with Gasteiger partial charge in [0.15, 0.2) is 0 Å². The fraction of sp³-hybridized carbons (Fsp3) is 0.462. The van der Waals surface area contributed by atoms with Gasteiger partial charge in [0.2, 0.25) is 0 Å². The van der Waals surface area contributed by atoms with Crippen molar-refractivity contribution in [2.24, 2.45) is 0 Å². The van der Waals surface area contributed by atoms with Gasteiger partial charge >= 0.3 is 6.09 Å². The van der Waals surface area contributed by atoms with Gasteiger partial charge in [-0.1, -0.05) is 0 Å². The van der Waals surface area contributed by atoms with Gasteiger partial charge in [-0.15, -0.1) is 0 Å². The molecule has 0 fully saturated rings. The van der Waals surface area contributed by atoms with Gasteiger partial charge in [0, 0.05) is 12.6 Å². The highest BCUT2D eigenvalue weighted by Crippen LogP contribution is 2.30. The largest absolute Gasteiger partial charge is 0.443 e. The standard InChI is InChI=1S/C13H17BrN2O4/c1-5-15(12(17)20-13(2,3)4)9-6-7-10(14)11(8-9)16(18)19/h6-8H,5H2,1-4H3. The Kier molecular flexibility index (Phi) is 5.10. The van der Waals surface area contributed by atoms with E-state index in [9.17, 15) is 14.9 Å². The maximum absolute atomic E-state index is 12.1. The molecule has 0 spiro atoms. The average molecular weight is 345 g/mol. The topological polar surface area (TPSA) is 72.7 Å². The molecule has 0 bridgehead atoms. The molecule has 1 rings (SSSR count). The van der Waals surface area contributed by atoms with Crippen LogP contribution in [-0.2, 0) is 4.74 Å². The molecule has 0 aliphatic carbocycles. The van der Waals surface area contributed by atoms with Crippen molar-refractivity contribution in [1.82, 2.24) is 0 Å². The predicted molar refractivity (Wildman–Crippen MR) is 80.1 cm³/mol. The van der Waals surface area contributed by atoms with Crippen LogP contribution in [0.3, 0.4) is 0 Å². The summed E-state index contributed by atoms with van der Waals surface area (Å²) in [6, 6.07) is 4.52. The van der Waals surface area contributed by atoms with Crippen LogP contribution in [-0.4, -0.2) is 23.2 Å². The van der Waals surface area contributed by atoms with E-state index >= 15 is 0 Å². The van der Waals surface area contributed by atoms with Gasteiger partial charge in [0.1, 0.15) is 5.60 Å². The molecule has 1 aromatic rings. The number of benzene rings is 1. The quantitative estimate of drug-likeness (QED) is 0.610. The molecule has 0 unspecified atom stereocenters. The molecule has 0 aromatic heterocycles. The maximum atomic E-state index is 12.1. The number of hydrogen-bond donors (Lipinski definition) is 0. The first kappa shape index (κ1) is 16.4. The molecule has 0 radical (unpaired) electrons. The molecule has 0 saturated carbocycles. The molecule has 20 heavy (non-hydrogen) atoms. The Morgan fingerprint density at radius 3 is 2.50 bits per heavy atom. The van der Waals surface area contributed by atoms with Crippen molar-refractivity contribution in [3.8, 4) is 0 Å². The Labute approximate surface area is 126 Å². The van der Waals surface area contributed by atoms with Crippen LogP contribution in [0.5, 0.6) is 0 Å². The minimum atomic E-state index is -0.619. The number of rotatable bonds is 3. The number of ether oxygens (including phenoxy) is 1. The lowest BCUT2D eigenvalue weighted by molar-refractivity contribution is -0.385. The van der Waals surface area contributed by atoms with Gasteiger partial charge in [-0.2, -0.15) is 0 Å². The Morgan fingerprint density at radius 1 is 1.45 bits per heavy atom. The number of amides is 1. The molecule has 0 atom stereocenters. The second kappa shape index (κ2) is 6.21. The molecular formula is C13H17BrN2O4. The Balaban J connectivity index is 3.10. The smallest absolute Gasteiger partial charge is 0.414 e. The van der Waals surface area contributed by atoms with E-state index in [4.69, 9.17) is 4.74 Å². The Bertz CT molecular complexity index is 526. The van der Waals surface area contributed by atoms with Crippen molar-refractivity contribution in [1.29, 1.82) is 0 Å². The zero-order valence-electron chi connectivity index (χ0n) is 11.8. The summed E-state index contributed by atoms with van der Waals surface area (Å²) in [7, 11) is 0. The number of nitro benzene ring substituents is 1. The molecule has 0 aliphatic heterocycles.